The molecule has 0 aliphatic heterocycles. The summed E-state index contributed by atoms with van der Waals surface area (Å²) in [7, 11) is 0. The standard InChI is InChI=1S/C17H22N2O/c1-11-7-9-13(10-8-11)16-15(17(18)20-19-16)14-6-4-3-5-12(14)2/h3-6,11,13H,7-10,18H2,1-2H3. The van der Waals surface area contributed by atoms with Gasteiger partial charge < -0.3 is 10.3 Å². The van der Waals surface area contributed by atoms with E-state index in [9.17, 15) is 0 Å². The minimum Gasteiger partial charge on any atom is -0.367 e. The molecular weight excluding hydrogens is 248 g/mol. The maximum absolute atomic E-state index is 6.05. The molecule has 0 saturated heterocycles. The molecule has 20 heavy (non-hydrogen) atoms. The van der Waals surface area contributed by atoms with Crippen molar-refractivity contribution in [2.24, 2.45) is 5.92 Å². The third kappa shape index (κ3) is 2.33. The van der Waals surface area contributed by atoms with Crippen LogP contribution in [0.15, 0.2) is 28.8 Å². The van der Waals surface area contributed by atoms with Crippen molar-refractivity contribution in [1.29, 1.82) is 0 Å². The van der Waals surface area contributed by atoms with Gasteiger partial charge in [0.05, 0.1) is 11.3 Å². The Kier molecular flexibility index (Phi) is 3.51. The zero-order valence-corrected chi connectivity index (χ0v) is 12.2. The van der Waals surface area contributed by atoms with Crippen LogP contribution in [-0.4, -0.2) is 5.16 Å². The molecule has 0 amide bonds. The van der Waals surface area contributed by atoms with Crippen LogP contribution in [0, 0.1) is 12.8 Å². The molecule has 2 aromatic rings. The Balaban J connectivity index is 2.00. The highest BCUT2D eigenvalue weighted by Crippen LogP contribution is 2.42. The van der Waals surface area contributed by atoms with Crippen LogP contribution in [0.3, 0.4) is 0 Å². The Morgan fingerprint density at radius 3 is 2.55 bits per heavy atom. The number of aryl methyl sites for hydroxylation is 1. The van der Waals surface area contributed by atoms with Gasteiger partial charge in [-0.3, -0.25) is 0 Å². The molecule has 3 heteroatoms. The van der Waals surface area contributed by atoms with Gasteiger partial charge in [-0.15, -0.1) is 0 Å². The Morgan fingerprint density at radius 2 is 1.85 bits per heavy atom. The summed E-state index contributed by atoms with van der Waals surface area (Å²) in [5.41, 5.74) is 10.5. The predicted octanol–water partition coefficient (Wildman–Crippen LogP) is 4.53. The average molecular weight is 270 g/mol. The first kappa shape index (κ1) is 13.2. The molecule has 3 nitrogen and oxygen atoms in total. The third-order valence-corrected chi connectivity index (χ3v) is 4.56. The zero-order chi connectivity index (χ0) is 14.1. The van der Waals surface area contributed by atoms with Crippen LogP contribution in [0.25, 0.3) is 11.1 Å². The zero-order valence-electron chi connectivity index (χ0n) is 12.2. The Hall–Kier alpha value is -1.77. The molecular formula is C17H22N2O. The van der Waals surface area contributed by atoms with Crippen LogP contribution in [0.4, 0.5) is 5.88 Å². The van der Waals surface area contributed by atoms with E-state index in [0.717, 1.165) is 22.7 Å². The molecule has 1 aliphatic rings. The van der Waals surface area contributed by atoms with Crippen LogP contribution in [0.2, 0.25) is 0 Å². The maximum atomic E-state index is 6.05. The molecule has 0 bridgehead atoms. The van der Waals surface area contributed by atoms with Gasteiger partial charge in [-0.2, -0.15) is 0 Å². The lowest BCUT2D eigenvalue weighted by atomic mass is 9.79. The molecule has 1 saturated carbocycles. The van der Waals surface area contributed by atoms with Gasteiger partial charge in [0.25, 0.3) is 0 Å². The Morgan fingerprint density at radius 1 is 1.15 bits per heavy atom. The van der Waals surface area contributed by atoms with Gasteiger partial charge in [-0.1, -0.05) is 49.2 Å². The van der Waals surface area contributed by atoms with Gasteiger partial charge in [-0.05, 0) is 36.8 Å². The molecule has 1 fully saturated rings. The fourth-order valence-electron chi connectivity index (χ4n) is 3.25. The number of hydrogen-bond acceptors (Lipinski definition) is 3. The number of benzene rings is 1. The van der Waals surface area contributed by atoms with Crippen LogP contribution in [0.1, 0.15) is 49.8 Å². The van der Waals surface area contributed by atoms with E-state index in [0.29, 0.717) is 11.8 Å². The third-order valence-electron chi connectivity index (χ3n) is 4.56. The molecule has 1 aliphatic carbocycles. The summed E-state index contributed by atoms with van der Waals surface area (Å²) in [6, 6.07) is 8.30. The molecule has 1 heterocycles. The molecule has 3 rings (SSSR count). The van der Waals surface area contributed by atoms with Crippen molar-refractivity contribution in [2.45, 2.75) is 45.4 Å². The molecule has 1 aromatic heterocycles. The van der Waals surface area contributed by atoms with Crippen molar-refractivity contribution in [3.63, 3.8) is 0 Å². The van der Waals surface area contributed by atoms with Gasteiger partial charge >= 0.3 is 0 Å². The molecule has 0 spiro atoms. The highest BCUT2D eigenvalue weighted by molar-refractivity contribution is 5.77. The van der Waals surface area contributed by atoms with E-state index >= 15 is 0 Å². The van der Waals surface area contributed by atoms with E-state index < -0.39 is 0 Å². The first-order valence-electron chi connectivity index (χ1n) is 7.48. The summed E-state index contributed by atoms with van der Waals surface area (Å²) in [5.74, 6) is 1.77. The number of aromatic nitrogens is 1. The normalized spacial score (nSPS) is 22.9. The molecule has 0 unspecified atom stereocenters. The van der Waals surface area contributed by atoms with Gasteiger partial charge in [0.2, 0.25) is 5.88 Å². The van der Waals surface area contributed by atoms with Crippen molar-refractivity contribution in [2.75, 3.05) is 5.73 Å². The first-order chi connectivity index (χ1) is 9.66. The second-order valence-electron chi connectivity index (χ2n) is 6.08. The van der Waals surface area contributed by atoms with Crippen LogP contribution in [-0.2, 0) is 0 Å². The van der Waals surface area contributed by atoms with Crippen LogP contribution >= 0.6 is 0 Å². The summed E-state index contributed by atoms with van der Waals surface area (Å²) < 4.78 is 5.31. The highest BCUT2D eigenvalue weighted by Gasteiger charge is 2.27. The molecule has 106 valence electrons. The van der Waals surface area contributed by atoms with Gasteiger partial charge in [0.15, 0.2) is 0 Å². The molecule has 1 aromatic carbocycles. The molecule has 2 N–H and O–H groups in total. The lowest BCUT2D eigenvalue weighted by Crippen LogP contribution is -2.12. The SMILES string of the molecule is Cc1ccccc1-c1c(C2CCC(C)CC2)noc1N. The quantitative estimate of drug-likeness (QED) is 0.872. The number of rotatable bonds is 2. The van der Waals surface area contributed by atoms with E-state index in [2.05, 4.69) is 31.1 Å². The number of anilines is 1. The van der Waals surface area contributed by atoms with E-state index in [1.165, 1.54) is 31.2 Å². The van der Waals surface area contributed by atoms with E-state index in [-0.39, 0.29) is 0 Å². The van der Waals surface area contributed by atoms with Gasteiger partial charge in [0.1, 0.15) is 0 Å². The second kappa shape index (κ2) is 5.31. The number of nitrogens with two attached hydrogens (primary N) is 1. The summed E-state index contributed by atoms with van der Waals surface area (Å²) in [6.45, 7) is 4.43. The van der Waals surface area contributed by atoms with E-state index in [1.807, 2.05) is 12.1 Å². The minimum atomic E-state index is 0.452. The van der Waals surface area contributed by atoms with E-state index in [1.54, 1.807) is 0 Å². The van der Waals surface area contributed by atoms with Crippen molar-refractivity contribution in [3.8, 4) is 11.1 Å². The Bertz CT molecular complexity index is 595. The number of nitrogens with zero attached hydrogens (tertiary/aromatic N) is 1. The molecule has 0 radical (unpaired) electrons. The summed E-state index contributed by atoms with van der Waals surface area (Å²) in [4.78, 5) is 0. The van der Waals surface area contributed by atoms with E-state index in [4.69, 9.17) is 10.3 Å². The lowest BCUT2D eigenvalue weighted by Gasteiger charge is -2.25. The summed E-state index contributed by atoms with van der Waals surface area (Å²) >= 11 is 0. The van der Waals surface area contributed by atoms with Crippen molar-refractivity contribution in [1.82, 2.24) is 5.16 Å². The summed E-state index contributed by atoms with van der Waals surface area (Å²) in [5, 5.41) is 4.28. The Labute approximate surface area is 120 Å². The van der Waals surface area contributed by atoms with Gasteiger partial charge in [0, 0.05) is 5.92 Å². The fourth-order valence-corrected chi connectivity index (χ4v) is 3.25. The average Bonchev–Trinajstić information content (AvgIpc) is 2.82. The first-order valence-corrected chi connectivity index (χ1v) is 7.48. The van der Waals surface area contributed by atoms with Crippen molar-refractivity contribution in [3.05, 3.63) is 35.5 Å². The maximum Gasteiger partial charge on any atom is 0.230 e. The van der Waals surface area contributed by atoms with Crippen LogP contribution < -0.4 is 5.73 Å². The van der Waals surface area contributed by atoms with Crippen molar-refractivity contribution >= 4 is 5.88 Å². The number of hydrogen-bond donors (Lipinski definition) is 1. The number of nitrogen functional groups attached to an aromatic ring is 1. The predicted molar refractivity (Wildman–Crippen MR) is 81.5 cm³/mol. The smallest absolute Gasteiger partial charge is 0.230 e. The second-order valence-corrected chi connectivity index (χ2v) is 6.08. The minimum absolute atomic E-state index is 0.452. The van der Waals surface area contributed by atoms with Crippen LogP contribution in [0.5, 0.6) is 0 Å². The topological polar surface area (TPSA) is 52.0 Å². The largest absolute Gasteiger partial charge is 0.367 e. The fraction of sp³-hybridized carbons (Fsp3) is 0.471. The van der Waals surface area contributed by atoms with Gasteiger partial charge in [-0.25, -0.2) is 0 Å². The van der Waals surface area contributed by atoms with Crippen molar-refractivity contribution < 1.29 is 4.52 Å². The lowest BCUT2D eigenvalue weighted by molar-refractivity contribution is 0.331. The monoisotopic (exact) mass is 270 g/mol. The highest BCUT2D eigenvalue weighted by atomic mass is 16.5. The molecule has 0 atom stereocenters. The summed E-state index contributed by atoms with van der Waals surface area (Å²) in [6.07, 6.45) is 4.91.